The Hall–Kier alpha value is -2.37. The summed E-state index contributed by atoms with van der Waals surface area (Å²) >= 11 is 0. The summed E-state index contributed by atoms with van der Waals surface area (Å²) in [7, 11) is 0. The number of rotatable bonds is 47. The van der Waals surface area contributed by atoms with Crippen molar-refractivity contribution in [3.63, 3.8) is 0 Å². The maximum absolute atomic E-state index is 12.7. The Morgan fingerprint density at radius 1 is 0.350 bits per heavy atom. The zero-order valence-electron chi connectivity index (χ0n) is 40.0. The van der Waals surface area contributed by atoms with Gasteiger partial charge in [0.15, 0.2) is 6.10 Å². The van der Waals surface area contributed by atoms with E-state index >= 15 is 0 Å². The minimum atomic E-state index is -0.776. The predicted octanol–water partition coefficient (Wildman–Crippen LogP) is 16.9. The summed E-state index contributed by atoms with van der Waals surface area (Å²) in [5, 5.41) is 0. The van der Waals surface area contributed by atoms with Crippen LogP contribution >= 0.6 is 0 Å². The molecule has 0 bridgehead atoms. The van der Waals surface area contributed by atoms with E-state index in [-0.39, 0.29) is 31.1 Å². The molecule has 6 nitrogen and oxygen atoms in total. The summed E-state index contributed by atoms with van der Waals surface area (Å²) in [6, 6.07) is 0. The minimum absolute atomic E-state index is 0.0767. The monoisotopic (exact) mass is 843 g/mol. The van der Waals surface area contributed by atoms with Crippen LogP contribution in [0.15, 0.2) is 36.5 Å². The van der Waals surface area contributed by atoms with E-state index in [1.54, 1.807) is 0 Å². The van der Waals surface area contributed by atoms with Crippen LogP contribution in [0.1, 0.15) is 271 Å². The van der Waals surface area contributed by atoms with Gasteiger partial charge in [-0.1, -0.05) is 218 Å². The van der Waals surface area contributed by atoms with Gasteiger partial charge in [-0.25, -0.2) is 0 Å². The quantitative estimate of drug-likeness (QED) is 0.0263. The fourth-order valence-corrected chi connectivity index (χ4v) is 7.48. The Balaban J connectivity index is 4.30. The number of hydrogen-bond donors (Lipinski definition) is 0. The smallest absolute Gasteiger partial charge is 0.306 e. The van der Waals surface area contributed by atoms with Gasteiger partial charge in [0.1, 0.15) is 13.2 Å². The van der Waals surface area contributed by atoms with Crippen molar-refractivity contribution in [1.29, 1.82) is 0 Å². The largest absolute Gasteiger partial charge is 0.462 e. The molecule has 0 aromatic rings. The Labute approximate surface area is 372 Å². The van der Waals surface area contributed by atoms with Crippen molar-refractivity contribution in [2.45, 2.75) is 277 Å². The lowest BCUT2D eigenvalue weighted by Gasteiger charge is -2.18. The summed E-state index contributed by atoms with van der Waals surface area (Å²) in [5.41, 5.74) is 0. The maximum atomic E-state index is 12.7. The average molecular weight is 843 g/mol. The van der Waals surface area contributed by atoms with Crippen molar-refractivity contribution < 1.29 is 28.6 Å². The van der Waals surface area contributed by atoms with Gasteiger partial charge in [-0.2, -0.15) is 0 Å². The van der Waals surface area contributed by atoms with Gasteiger partial charge in [0.25, 0.3) is 0 Å². The zero-order valence-corrected chi connectivity index (χ0v) is 40.0. The van der Waals surface area contributed by atoms with Crippen molar-refractivity contribution in [2.24, 2.45) is 0 Å². The molecule has 0 aliphatic carbocycles. The first-order valence-electron chi connectivity index (χ1n) is 26.0. The first-order valence-corrected chi connectivity index (χ1v) is 26.0. The topological polar surface area (TPSA) is 78.9 Å². The SMILES string of the molecule is CC/C=C\C/C=C\CCCCCCCC(=O)OC(COC(=O)CCCCCCCCC/C=C\CCCCCCCCCC)COC(=O)CCCCCCCCCCCCC. The average Bonchev–Trinajstić information content (AvgIpc) is 3.24. The third kappa shape index (κ3) is 46.7. The standard InChI is InChI=1S/C54H98O6/c1-4-7-10-13-16-19-22-24-25-26-27-28-29-30-33-35-38-41-44-47-53(56)59-50-51(49-58-52(55)46-43-40-37-34-31-21-18-15-12-9-6-3)60-54(57)48-45-42-39-36-32-23-20-17-14-11-8-5-2/h8,11,17,20,26-27,51H,4-7,9-10,12-16,18-19,21-25,28-50H2,1-3H3/b11-8-,20-17-,27-26-. The number of allylic oxidation sites excluding steroid dienone is 6. The third-order valence-electron chi connectivity index (χ3n) is 11.4. The molecule has 0 spiro atoms. The Morgan fingerprint density at radius 2 is 0.650 bits per heavy atom. The van der Waals surface area contributed by atoms with Crippen LogP contribution < -0.4 is 0 Å². The summed E-state index contributed by atoms with van der Waals surface area (Å²) in [4.78, 5) is 37.9. The first kappa shape index (κ1) is 57.6. The summed E-state index contributed by atoms with van der Waals surface area (Å²) in [5.74, 6) is -0.888. The fourth-order valence-electron chi connectivity index (χ4n) is 7.48. The Bertz CT molecular complexity index is 1020. The summed E-state index contributed by atoms with van der Waals surface area (Å²) < 4.78 is 16.8. The molecule has 0 radical (unpaired) electrons. The molecule has 0 rings (SSSR count). The lowest BCUT2D eigenvalue weighted by molar-refractivity contribution is -0.167. The number of unbranched alkanes of at least 4 members (excludes halogenated alkanes) is 30. The molecule has 0 saturated heterocycles. The Kier molecular flexibility index (Phi) is 47.3. The highest BCUT2D eigenvalue weighted by atomic mass is 16.6. The lowest BCUT2D eigenvalue weighted by Crippen LogP contribution is -2.30. The fraction of sp³-hybridized carbons (Fsp3) is 0.833. The minimum Gasteiger partial charge on any atom is -0.462 e. The van der Waals surface area contributed by atoms with Crippen LogP contribution in [0.3, 0.4) is 0 Å². The van der Waals surface area contributed by atoms with Gasteiger partial charge >= 0.3 is 17.9 Å². The van der Waals surface area contributed by atoms with Crippen molar-refractivity contribution in [1.82, 2.24) is 0 Å². The van der Waals surface area contributed by atoms with Crippen LogP contribution in [0, 0.1) is 0 Å². The molecular formula is C54H98O6. The second kappa shape index (κ2) is 49.3. The van der Waals surface area contributed by atoms with Crippen LogP contribution in [-0.2, 0) is 28.6 Å². The number of hydrogen-bond acceptors (Lipinski definition) is 6. The van der Waals surface area contributed by atoms with Crippen molar-refractivity contribution >= 4 is 17.9 Å². The third-order valence-corrected chi connectivity index (χ3v) is 11.4. The van der Waals surface area contributed by atoms with Gasteiger partial charge in [-0.05, 0) is 70.6 Å². The van der Waals surface area contributed by atoms with Gasteiger partial charge in [-0.15, -0.1) is 0 Å². The van der Waals surface area contributed by atoms with Gasteiger partial charge in [0.05, 0.1) is 0 Å². The molecule has 0 saturated carbocycles. The molecule has 60 heavy (non-hydrogen) atoms. The lowest BCUT2D eigenvalue weighted by atomic mass is 10.1. The van der Waals surface area contributed by atoms with E-state index in [0.717, 1.165) is 89.9 Å². The molecule has 0 amide bonds. The van der Waals surface area contributed by atoms with Crippen LogP contribution in [0.5, 0.6) is 0 Å². The summed E-state index contributed by atoms with van der Waals surface area (Å²) in [6.07, 6.45) is 57.0. The molecule has 0 aliphatic heterocycles. The molecular weight excluding hydrogens is 745 g/mol. The van der Waals surface area contributed by atoms with E-state index in [1.807, 2.05) is 0 Å². The van der Waals surface area contributed by atoms with Gasteiger partial charge in [0.2, 0.25) is 0 Å². The first-order chi connectivity index (χ1) is 29.5. The molecule has 0 N–H and O–H groups in total. The van der Waals surface area contributed by atoms with Crippen molar-refractivity contribution in [3.05, 3.63) is 36.5 Å². The van der Waals surface area contributed by atoms with Crippen LogP contribution in [0.2, 0.25) is 0 Å². The van der Waals surface area contributed by atoms with E-state index in [1.165, 1.54) is 141 Å². The molecule has 0 aromatic carbocycles. The van der Waals surface area contributed by atoms with Crippen molar-refractivity contribution in [3.8, 4) is 0 Å². The molecule has 0 fully saturated rings. The highest BCUT2D eigenvalue weighted by Gasteiger charge is 2.19. The molecule has 1 unspecified atom stereocenters. The van der Waals surface area contributed by atoms with Crippen LogP contribution in [0.4, 0.5) is 0 Å². The van der Waals surface area contributed by atoms with E-state index in [0.29, 0.717) is 19.3 Å². The normalized spacial score (nSPS) is 12.2. The molecule has 1 atom stereocenters. The van der Waals surface area contributed by atoms with E-state index in [4.69, 9.17) is 14.2 Å². The van der Waals surface area contributed by atoms with Gasteiger partial charge in [-0.3, -0.25) is 14.4 Å². The zero-order chi connectivity index (χ0) is 43.7. The molecule has 6 heteroatoms. The molecule has 0 aromatic heterocycles. The summed E-state index contributed by atoms with van der Waals surface area (Å²) in [6.45, 7) is 6.52. The van der Waals surface area contributed by atoms with Crippen LogP contribution in [0.25, 0.3) is 0 Å². The number of carbonyl (C=O) groups is 3. The van der Waals surface area contributed by atoms with E-state index < -0.39 is 6.10 Å². The molecule has 0 heterocycles. The molecule has 350 valence electrons. The number of ether oxygens (including phenoxy) is 3. The van der Waals surface area contributed by atoms with Crippen molar-refractivity contribution in [2.75, 3.05) is 13.2 Å². The van der Waals surface area contributed by atoms with Gasteiger partial charge in [0, 0.05) is 19.3 Å². The second-order valence-electron chi connectivity index (χ2n) is 17.4. The van der Waals surface area contributed by atoms with Crippen LogP contribution in [-0.4, -0.2) is 37.2 Å². The second-order valence-corrected chi connectivity index (χ2v) is 17.4. The number of carbonyl (C=O) groups excluding carboxylic acids is 3. The van der Waals surface area contributed by atoms with E-state index in [2.05, 4.69) is 57.2 Å². The highest BCUT2D eigenvalue weighted by molar-refractivity contribution is 5.71. The maximum Gasteiger partial charge on any atom is 0.306 e. The Morgan fingerprint density at radius 3 is 1.02 bits per heavy atom. The van der Waals surface area contributed by atoms with Gasteiger partial charge < -0.3 is 14.2 Å². The van der Waals surface area contributed by atoms with E-state index in [9.17, 15) is 14.4 Å². The molecule has 0 aliphatic rings. The highest BCUT2D eigenvalue weighted by Crippen LogP contribution is 2.15. The predicted molar refractivity (Wildman–Crippen MR) is 256 cm³/mol. The number of esters is 3.